The van der Waals surface area contributed by atoms with Crippen LogP contribution in [0.3, 0.4) is 0 Å². The van der Waals surface area contributed by atoms with E-state index in [4.69, 9.17) is 44.3 Å². The summed E-state index contributed by atoms with van der Waals surface area (Å²) in [4.78, 5) is 26.9. The Morgan fingerprint density at radius 3 is 0.865 bits per heavy atom. The van der Waals surface area contributed by atoms with Crippen LogP contribution in [0.2, 0.25) is 15.1 Å². The normalized spacial score (nSPS) is 11.2. The van der Waals surface area contributed by atoms with Crippen molar-refractivity contribution in [2.75, 3.05) is 26.7 Å². The number of pyridine rings is 2. The van der Waals surface area contributed by atoms with Crippen molar-refractivity contribution in [3.63, 3.8) is 0 Å². The smallest absolute Gasteiger partial charge is 0.212 e. The molecule has 8 heterocycles. The molecule has 0 amide bonds. The number of hydrogen-bond donors (Lipinski definition) is 0. The number of hydrogen-bond acceptors (Lipinski definition) is 10. The Balaban J connectivity index is 0.000000130. The van der Waals surface area contributed by atoms with E-state index in [1.54, 1.807) is 37.7 Å². The van der Waals surface area contributed by atoms with Gasteiger partial charge in [0.15, 0.2) is 10.3 Å². The van der Waals surface area contributed by atoms with Gasteiger partial charge in [0.2, 0.25) is 11.8 Å². The van der Waals surface area contributed by atoms with E-state index in [0.29, 0.717) is 11.8 Å². The first-order chi connectivity index (χ1) is 54.1. The SMILES string of the molecule is CCc1c(-c2ccc(OC)nc2)c2ccc(C)cc2n1Cc1ccccc1.CCc1c(-c2ccc(OC)nc2)c2ccc(C)cc2n1Cc1ccccc1Cl.CCc1c(-c2cnc(SC)nc2)c2ccc(C)cc2n1Cc1ccccc1Cl.CCc1c(-c2cnc(SC)nc2)c2ccc(C)cc2n1Cc1ccccc1Cl. The van der Waals surface area contributed by atoms with Gasteiger partial charge in [-0.15, -0.1) is 0 Å². The van der Waals surface area contributed by atoms with E-state index < -0.39 is 0 Å². The Morgan fingerprint density at radius 1 is 0.315 bits per heavy atom. The second kappa shape index (κ2) is 36.1. The molecule has 0 N–H and O–H groups in total. The van der Waals surface area contributed by atoms with Crippen molar-refractivity contribution >= 4 is 102 Å². The molecule has 0 aliphatic heterocycles. The number of nitrogens with zero attached hydrogens (tertiary/aromatic N) is 10. The summed E-state index contributed by atoms with van der Waals surface area (Å²) in [5.41, 5.74) is 29.1. The molecule has 16 aromatic rings. The fourth-order valence-corrected chi connectivity index (χ4v) is 16.3. The molecular formula is C94H91Cl3N10O2S2. The number of benzene rings is 8. The maximum atomic E-state index is 6.47. The summed E-state index contributed by atoms with van der Waals surface area (Å²) in [5.74, 6) is 1.26. The average Bonchev–Trinajstić information content (AvgIpc) is 1.62. The molecule has 0 fully saturated rings. The molecule has 8 aromatic heterocycles. The van der Waals surface area contributed by atoms with E-state index in [1.807, 2.05) is 116 Å². The summed E-state index contributed by atoms with van der Waals surface area (Å²) >= 11 is 22.5. The first kappa shape index (κ1) is 78.7. The van der Waals surface area contributed by atoms with Crippen molar-refractivity contribution < 1.29 is 9.47 Å². The van der Waals surface area contributed by atoms with Crippen LogP contribution in [0, 0.1) is 27.7 Å². The van der Waals surface area contributed by atoms with Crippen LogP contribution in [-0.4, -0.2) is 74.9 Å². The van der Waals surface area contributed by atoms with Gasteiger partial charge in [-0.3, -0.25) is 0 Å². The van der Waals surface area contributed by atoms with Crippen LogP contribution in [0.4, 0.5) is 0 Å². The van der Waals surface area contributed by atoms with E-state index in [0.717, 1.165) is 116 Å². The van der Waals surface area contributed by atoms with E-state index >= 15 is 0 Å². The zero-order valence-corrected chi connectivity index (χ0v) is 68.8. The summed E-state index contributed by atoms with van der Waals surface area (Å²) in [5, 5.41) is 8.95. The lowest BCUT2D eigenvalue weighted by atomic mass is 10.0. The Hall–Kier alpha value is -10.5. The highest BCUT2D eigenvalue weighted by Gasteiger charge is 2.24. The summed E-state index contributed by atoms with van der Waals surface area (Å²) in [6, 6.07) is 69.5. The minimum atomic E-state index is 0.623. The number of aryl methyl sites for hydroxylation is 4. The first-order valence-electron chi connectivity index (χ1n) is 37.5. The number of fused-ring (bicyclic) bond motifs is 4. The van der Waals surface area contributed by atoms with E-state index in [9.17, 15) is 0 Å². The van der Waals surface area contributed by atoms with Crippen LogP contribution in [-0.2, 0) is 51.9 Å². The van der Waals surface area contributed by atoms with Gasteiger partial charge in [-0.1, -0.05) is 219 Å². The molecule has 0 aliphatic rings. The van der Waals surface area contributed by atoms with Crippen molar-refractivity contribution in [3.8, 4) is 56.3 Å². The second-order valence-corrected chi connectivity index (χ2v) is 30.3. The van der Waals surface area contributed by atoms with Crippen LogP contribution < -0.4 is 9.47 Å². The molecule has 111 heavy (non-hydrogen) atoms. The molecule has 8 aromatic carbocycles. The van der Waals surface area contributed by atoms with Crippen LogP contribution in [0.5, 0.6) is 11.8 Å². The lowest BCUT2D eigenvalue weighted by Gasteiger charge is -2.12. The molecule has 0 unspecified atom stereocenters. The predicted octanol–water partition coefficient (Wildman–Crippen LogP) is 24.7. The predicted molar refractivity (Wildman–Crippen MR) is 467 cm³/mol. The summed E-state index contributed by atoms with van der Waals surface area (Å²) in [6.07, 6.45) is 19.2. The number of aromatic nitrogens is 10. The quantitative estimate of drug-likeness (QED) is 0.0539. The van der Waals surface area contributed by atoms with Crippen LogP contribution in [0.25, 0.3) is 88.1 Å². The van der Waals surface area contributed by atoms with Crippen molar-refractivity contribution in [1.29, 1.82) is 0 Å². The van der Waals surface area contributed by atoms with Gasteiger partial charge in [0.05, 0.1) is 14.2 Å². The van der Waals surface area contributed by atoms with Gasteiger partial charge >= 0.3 is 0 Å². The number of rotatable bonds is 20. The number of thioether (sulfide) groups is 2. The van der Waals surface area contributed by atoms with Gasteiger partial charge in [-0.25, -0.2) is 29.9 Å². The first-order valence-corrected chi connectivity index (χ1v) is 41.1. The number of ether oxygens (including phenoxy) is 2. The molecule has 0 aliphatic carbocycles. The van der Waals surface area contributed by atoms with E-state index in [-0.39, 0.29) is 0 Å². The maximum Gasteiger partial charge on any atom is 0.212 e. The summed E-state index contributed by atoms with van der Waals surface area (Å²) < 4.78 is 20.1. The van der Waals surface area contributed by atoms with Crippen molar-refractivity contribution in [3.05, 3.63) is 320 Å². The second-order valence-electron chi connectivity index (χ2n) is 27.5. The summed E-state index contributed by atoms with van der Waals surface area (Å²) in [7, 11) is 3.28. The van der Waals surface area contributed by atoms with Crippen LogP contribution in [0.1, 0.15) is 95.0 Å². The Bertz CT molecular complexity index is 5480. The Labute approximate surface area is 674 Å². The zero-order chi connectivity index (χ0) is 77.8. The third-order valence-corrected chi connectivity index (χ3v) is 22.6. The van der Waals surface area contributed by atoms with Gasteiger partial charge in [-0.2, -0.15) is 0 Å². The van der Waals surface area contributed by atoms with Gasteiger partial charge in [0.25, 0.3) is 0 Å². The molecule has 0 atom stereocenters. The topological polar surface area (TPSA) is 116 Å². The number of halogens is 3. The van der Waals surface area contributed by atoms with Gasteiger partial charge in [-0.05, 0) is 165 Å². The number of methoxy groups -OCH3 is 2. The van der Waals surface area contributed by atoms with Crippen LogP contribution in [0.15, 0.2) is 248 Å². The molecule has 0 saturated heterocycles. The fourth-order valence-electron chi connectivity index (χ4n) is 15.1. The maximum absolute atomic E-state index is 6.47. The Morgan fingerprint density at radius 2 is 0.595 bits per heavy atom. The lowest BCUT2D eigenvalue weighted by Crippen LogP contribution is -2.05. The highest BCUT2D eigenvalue weighted by atomic mass is 35.5. The average molecular weight is 1560 g/mol. The highest BCUT2D eigenvalue weighted by Crippen LogP contribution is 2.42. The minimum Gasteiger partial charge on any atom is -0.481 e. The van der Waals surface area contributed by atoms with Crippen molar-refractivity contribution in [2.45, 2.75) is 118 Å². The lowest BCUT2D eigenvalue weighted by molar-refractivity contribution is 0.398. The molecule has 12 nitrogen and oxygen atoms in total. The molecule has 16 rings (SSSR count). The van der Waals surface area contributed by atoms with E-state index in [1.165, 1.54) is 116 Å². The Kier molecular flexibility index (Phi) is 25.6. The third kappa shape index (κ3) is 17.2. The van der Waals surface area contributed by atoms with Crippen molar-refractivity contribution in [2.24, 2.45) is 0 Å². The van der Waals surface area contributed by atoms with E-state index in [2.05, 4.69) is 237 Å². The molecule has 17 heteroatoms. The van der Waals surface area contributed by atoms with Crippen LogP contribution >= 0.6 is 58.3 Å². The summed E-state index contributed by atoms with van der Waals surface area (Å²) in [6.45, 7) is 20.5. The van der Waals surface area contributed by atoms with Gasteiger partial charge in [0, 0.05) is 201 Å². The van der Waals surface area contributed by atoms with Gasteiger partial charge in [0.1, 0.15) is 0 Å². The highest BCUT2D eigenvalue weighted by molar-refractivity contribution is 7.98. The standard InChI is InChI=1S/C24H23ClN2O.C24H24N2O.2C23H22ClN3S/c1-4-21-24(17-10-12-23(28-3)26-14-17)19-11-9-16(2)13-22(19)27(21)15-18-7-5-6-8-20(18)25;1-4-21-24(19-11-13-23(27-3)25-15-19)20-12-10-17(2)14-22(20)26(21)16-18-8-6-5-7-9-18;2*1-4-20-22(17-12-25-23(28-3)26-13-17)18-10-9-15(2)11-21(18)27(20)14-16-7-5-6-8-19(16)24/h5-14H,4,15H2,1-3H3;5-15H,4,16H2,1-3H3;2*5-13H,4,14H2,1-3H3. The van der Waals surface area contributed by atoms with Crippen molar-refractivity contribution in [1.82, 2.24) is 48.2 Å². The largest absolute Gasteiger partial charge is 0.481 e. The molecule has 0 spiro atoms. The molecule has 0 radical (unpaired) electrons. The molecular weight excluding hydrogens is 1470 g/mol. The minimum absolute atomic E-state index is 0.623. The fraction of sp³-hybridized carbons (Fsp3) is 0.213. The molecule has 0 bridgehead atoms. The van der Waals surface area contributed by atoms with Gasteiger partial charge < -0.3 is 27.7 Å². The zero-order valence-electron chi connectivity index (χ0n) is 64.9. The monoisotopic (exact) mass is 1560 g/mol. The molecule has 0 saturated carbocycles. The molecule has 562 valence electrons. The third-order valence-electron chi connectivity index (χ3n) is 20.4.